The van der Waals surface area contributed by atoms with Crippen molar-refractivity contribution in [1.82, 2.24) is 14.5 Å². The number of hydrogen-bond acceptors (Lipinski definition) is 4. The topological polar surface area (TPSA) is 59.4 Å². The number of nitrogens with zero attached hydrogens (tertiary/aromatic N) is 3. The number of benzene rings is 2. The summed E-state index contributed by atoms with van der Waals surface area (Å²) >= 11 is 0. The van der Waals surface area contributed by atoms with Gasteiger partial charge in [0.05, 0.1) is 23.6 Å². The van der Waals surface area contributed by atoms with E-state index in [4.69, 9.17) is 9.72 Å². The van der Waals surface area contributed by atoms with Crippen LogP contribution in [0.15, 0.2) is 48.5 Å². The highest BCUT2D eigenvalue weighted by molar-refractivity contribution is 5.78. The first-order valence-electron chi connectivity index (χ1n) is 11.0. The number of ether oxygens (including phenoxy) is 1. The lowest BCUT2D eigenvalue weighted by molar-refractivity contribution is 0.0235. The third kappa shape index (κ3) is 5.01. The minimum absolute atomic E-state index is 0.0995. The van der Waals surface area contributed by atoms with E-state index >= 15 is 0 Å². The molecule has 1 atom stereocenters. The van der Waals surface area contributed by atoms with Gasteiger partial charge in [-0.2, -0.15) is 0 Å². The van der Waals surface area contributed by atoms with E-state index in [1.54, 1.807) is 0 Å². The normalized spacial score (nSPS) is 16.6. The van der Waals surface area contributed by atoms with Crippen LogP contribution in [-0.4, -0.2) is 45.3 Å². The van der Waals surface area contributed by atoms with Gasteiger partial charge in [-0.25, -0.2) is 9.78 Å². The maximum Gasteiger partial charge on any atom is 0.410 e. The molecule has 1 aliphatic rings. The molecule has 0 radical (unpaired) electrons. The van der Waals surface area contributed by atoms with Crippen molar-refractivity contribution in [3.8, 4) is 0 Å². The van der Waals surface area contributed by atoms with Crippen molar-refractivity contribution >= 4 is 23.1 Å². The Labute approximate surface area is 184 Å². The molecule has 0 spiro atoms. The van der Waals surface area contributed by atoms with Crippen LogP contribution in [0.1, 0.15) is 44.7 Å². The highest BCUT2D eigenvalue weighted by atomic mass is 16.6. The van der Waals surface area contributed by atoms with E-state index in [0.717, 1.165) is 42.9 Å². The van der Waals surface area contributed by atoms with Crippen LogP contribution in [0.25, 0.3) is 11.0 Å². The molecule has 4 rings (SSSR count). The summed E-state index contributed by atoms with van der Waals surface area (Å²) < 4.78 is 7.82. The molecule has 1 saturated heterocycles. The van der Waals surface area contributed by atoms with E-state index in [0.29, 0.717) is 6.54 Å². The summed E-state index contributed by atoms with van der Waals surface area (Å²) in [6, 6.07) is 16.9. The van der Waals surface area contributed by atoms with Crippen LogP contribution in [0.4, 0.5) is 10.7 Å². The zero-order valence-corrected chi connectivity index (χ0v) is 18.9. The molecule has 1 amide bonds. The number of carbonyl (C=O) groups excluding carboxylic acids is 1. The summed E-state index contributed by atoms with van der Waals surface area (Å²) in [5.74, 6) is 0.831. The summed E-state index contributed by atoms with van der Waals surface area (Å²) in [5.41, 5.74) is 4.06. The summed E-state index contributed by atoms with van der Waals surface area (Å²) in [4.78, 5) is 19.3. The molecular formula is C25H32N4O2. The lowest BCUT2D eigenvalue weighted by Crippen LogP contribution is -2.42. The Kier molecular flexibility index (Phi) is 5.90. The SMILES string of the molecule is Cc1ccc(Cn2c(NCC3CCCN3C(=O)OC(C)(C)C)nc3ccccc32)cc1. The molecule has 3 aromatic rings. The summed E-state index contributed by atoms with van der Waals surface area (Å²) in [6.07, 6.45) is 1.72. The Balaban J connectivity index is 1.53. The summed E-state index contributed by atoms with van der Waals surface area (Å²) in [6.45, 7) is 9.94. The van der Waals surface area contributed by atoms with Crippen molar-refractivity contribution in [2.75, 3.05) is 18.4 Å². The van der Waals surface area contributed by atoms with Crippen LogP contribution in [0.2, 0.25) is 0 Å². The standard InChI is InChI=1S/C25H32N4O2/c1-18-11-13-19(14-12-18)17-29-22-10-6-5-9-21(22)27-23(29)26-16-20-8-7-15-28(20)24(30)31-25(2,3)4/h5-6,9-14,20H,7-8,15-17H2,1-4H3,(H,26,27). The quantitative estimate of drug-likeness (QED) is 0.616. The van der Waals surface area contributed by atoms with Crippen LogP contribution < -0.4 is 5.32 Å². The molecule has 0 saturated carbocycles. The molecule has 2 aromatic carbocycles. The largest absolute Gasteiger partial charge is 0.444 e. The van der Waals surface area contributed by atoms with Gasteiger partial charge in [-0.15, -0.1) is 0 Å². The van der Waals surface area contributed by atoms with Crippen LogP contribution in [0.5, 0.6) is 0 Å². The molecule has 31 heavy (non-hydrogen) atoms. The number of aromatic nitrogens is 2. The maximum absolute atomic E-state index is 12.6. The Morgan fingerprint density at radius 3 is 2.65 bits per heavy atom. The van der Waals surface area contributed by atoms with Crippen LogP contribution in [0, 0.1) is 6.92 Å². The zero-order valence-electron chi connectivity index (χ0n) is 18.9. The van der Waals surface area contributed by atoms with Gasteiger partial charge < -0.3 is 19.5 Å². The average molecular weight is 421 g/mol. The molecule has 0 aliphatic carbocycles. The minimum Gasteiger partial charge on any atom is -0.444 e. The van der Waals surface area contributed by atoms with Crippen LogP contribution in [-0.2, 0) is 11.3 Å². The highest BCUT2D eigenvalue weighted by Crippen LogP contribution is 2.24. The second-order valence-corrected chi connectivity index (χ2v) is 9.35. The number of imidazole rings is 1. The van der Waals surface area contributed by atoms with Gasteiger partial charge in [0.15, 0.2) is 0 Å². The van der Waals surface area contributed by atoms with Gasteiger partial charge in [-0.1, -0.05) is 42.0 Å². The van der Waals surface area contributed by atoms with Gasteiger partial charge in [0, 0.05) is 13.1 Å². The zero-order chi connectivity index (χ0) is 22.0. The number of hydrogen-bond donors (Lipinski definition) is 1. The first-order valence-corrected chi connectivity index (χ1v) is 11.0. The van der Waals surface area contributed by atoms with Gasteiger partial charge >= 0.3 is 6.09 Å². The van der Waals surface area contributed by atoms with E-state index in [9.17, 15) is 4.79 Å². The molecule has 6 nitrogen and oxygen atoms in total. The van der Waals surface area contributed by atoms with E-state index < -0.39 is 5.60 Å². The number of rotatable bonds is 5. The van der Waals surface area contributed by atoms with Gasteiger partial charge in [-0.05, 0) is 58.2 Å². The Hall–Kier alpha value is -3.02. The summed E-state index contributed by atoms with van der Waals surface area (Å²) in [7, 11) is 0. The fraction of sp³-hybridized carbons (Fsp3) is 0.440. The minimum atomic E-state index is -0.486. The van der Waals surface area contributed by atoms with Crippen LogP contribution >= 0.6 is 0 Å². The van der Waals surface area contributed by atoms with Crippen molar-refractivity contribution < 1.29 is 9.53 Å². The molecular weight excluding hydrogens is 388 g/mol. The van der Waals surface area contributed by atoms with Crippen molar-refractivity contribution in [3.05, 3.63) is 59.7 Å². The Morgan fingerprint density at radius 2 is 1.90 bits per heavy atom. The fourth-order valence-corrected chi connectivity index (χ4v) is 4.06. The van der Waals surface area contributed by atoms with E-state index in [2.05, 4.69) is 47.1 Å². The number of nitrogens with one attached hydrogen (secondary N) is 1. The van der Waals surface area contributed by atoms with E-state index in [1.165, 1.54) is 11.1 Å². The number of likely N-dealkylation sites (tertiary alicyclic amines) is 1. The maximum atomic E-state index is 12.6. The van der Waals surface area contributed by atoms with Gasteiger partial charge in [0.25, 0.3) is 0 Å². The number of amides is 1. The number of para-hydroxylation sites is 2. The Morgan fingerprint density at radius 1 is 1.16 bits per heavy atom. The predicted molar refractivity (Wildman–Crippen MR) is 124 cm³/mol. The molecule has 0 bridgehead atoms. The number of carbonyl (C=O) groups is 1. The smallest absolute Gasteiger partial charge is 0.410 e. The molecule has 6 heteroatoms. The average Bonchev–Trinajstić information content (AvgIpc) is 3.32. The number of aryl methyl sites for hydroxylation is 1. The third-order valence-corrected chi connectivity index (χ3v) is 5.62. The van der Waals surface area contributed by atoms with Crippen molar-refractivity contribution in [3.63, 3.8) is 0 Å². The van der Waals surface area contributed by atoms with Gasteiger partial charge in [-0.3, -0.25) is 0 Å². The second-order valence-electron chi connectivity index (χ2n) is 9.35. The Bertz CT molecular complexity index is 1050. The van der Waals surface area contributed by atoms with Crippen molar-refractivity contribution in [1.29, 1.82) is 0 Å². The molecule has 1 fully saturated rings. The van der Waals surface area contributed by atoms with Gasteiger partial charge in [0.1, 0.15) is 5.60 Å². The first-order chi connectivity index (χ1) is 14.8. The highest BCUT2D eigenvalue weighted by Gasteiger charge is 2.32. The first kappa shape index (κ1) is 21.2. The van der Waals surface area contributed by atoms with E-state index in [-0.39, 0.29) is 12.1 Å². The van der Waals surface area contributed by atoms with Crippen molar-refractivity contribution in [2.24, 2.45) is 0 Å². The fourth-order valence-electron chi connectivity index (χ4n) is 4.06. The lowest BCUT2D eigenvalue weighted by Gasteiger charge is -2.28. The monoisotopic (exact) mass is 420 g/mol. The molecule has 1 aliphatic heterocycles. The van der Waals surface area contributed by atoms with Gasteiger partial charge in [0.2, 0.25) is 5.95 Å². The lowest BCUT2D eigenvalue weighted by atomic mass is 10.1. The molecule has 1 N–H and O–H groups in total. The second kappa shape index (κ2) is 8.61. The molecule has 1 unspecified atom stereocenters. The number of anilines is 1. The summed E-state index contributed by atoms with van der Waals surface area (Å²) in [5, 5.41) is 3.53. The number of fused-ring (bicyclic) bond motifs is 1. The predicted octanol–water partition coefficient (Wildman–Crippen LogP) is 5.20. The third-order valence-electron chi connectivity index (χ3n) is 5.62. The molecule has 1 aromatic heterocycles. The molecule has 2 heterocycles. The van der Waals surface area contributed by atoms with Crippen molar-refractivity contribution in [2.45, 2.75) is 58.7 Å². The van der Waals surface area contributed by atoms with E-state index in [1.807, 2.05) is 43.9 Å². The van der Waals surface area contributed by atoms with Crippen LogP contribution in [0.3, 0.4) is 0 Å². The molecule has 164 valence electrons.